The van der Waals surface area contributed by atoms with Crippen LogP contribution in [0.25, 0.3) is 0 Å². The van der Waals surface area contributed by atoms with Crippen LogP contribution in [0.4, 0.5) is 14.5 Å². The average Bonchev–Trinajstić information content (AvgIpc) is 2.80. The number of carboxylic acid groups (broad SMARTS) is 1. The van der Waals surface area contributed by atoms with Crippen molar-refractivity contribution in [1.29, 1.82) is 0 Å². The molecule has 1 aromatic heterocycles. The number of rotatable bonds is 3. The fraction of sp³-hybridized carbons (Fsp3) is 0. The quantitative estimate of drug-likeness (QED) is 0.908. The van der Waals surface area contributed by atoms with Gasteiger partial charge in [-0.1, -0.05) is 11.6 Å². The van der Waals surface area contributed by atoms with E-state index in [1.54, 1.807) is 0 Å². The molecule has 2 rings (SSSR count). The number of benzene rings is 1. The molecule has 0 aliphatic carbocycles. The van der Waals surface area contributed by atoms with Crippen molar-refractivity contribution in [1.82, 2.24) is 0 Å². The van der Waals surface area contributed by atoms with Crippen molar-refractivity contribution in [2.45, 2.75) is 0 Å². The van der Waals surface area contributed by atoms with Crippen molar-refractivity contribution in [3.8, 4) is 0 Å². The molecule has 0 saturated heterocycles. The highest BCUT2D eigenvalue weighted by molar-refractivity contribution is 7.18. The standard InChI is InChI=1S/C12H6ClF2NO3S/c13-10-2-1-9(20-10)11(17)16-8-4-7(15)6(14)3-5(8)12(18)19/h1-4H,(H,16,17)(H,18,19). The van der Waals surface area contributed by atoms with E-state index in [2.05, 4.69) is 5.32 Å². The summed E-state index contributed by atoms with van der Waals surface area (Å²) in [6.45, 7) is 0. The third kappa shape index (κ3) is 2.94. The molecule has 0 bridgehead atoms. The van der Waals surface area contributed by atoms with Crippen molar-refractivity contribution in [3.63, 3.8) is 0 Å². The Bertz CT molecular complexity index is 702. The van der Waals surface area contributed by atoms with Gasteiger partial charge in [0.15, 0.2) is 11.6 Å². The van der Waals surface area contributed by atoms with Crippen molar-refractivity contribution in [2.24, 2.45) is 0 Å². The van der Waals surface area contributed by atoms with Gasteiger partial charge >= 0.3 is 5.97 Å². The minimum absolute atomic E-state index is 0.219. The van der Waals surface area contributed by atoms with E-state index in [1.165, 1.54) is 12.1 Å². The summed E-state index contributed by atoms with van der Waals surface area (Å²) in [5.41, 5.74) is -0.870. The third-order valence-corrected chi connectivity index (χ3v) is 3.57. The topological polar surface area (TPSA) is 66.4 Å². The molecule has 8 heteroatoms. The molecule has 0 radical (unpaired) electrons. The van der Waals surface area contributed by atoms with Crippen LogP contribution < -0.4 is 5.32 Å². The summed E-state index contributed by atoms with van der Waals surface area (Å²) >= 11 is 6.64. The first-order valence-electron chi connectivity index (χ1n) is 5.17. The number of carboxylic acids is 1. The summed E-state index contributed by atoms with van der Waals surface area (Å²) in [7, 11) is 0. The number of thiophene rings is 1. The van der Waals surface area contributed by atoms with Crippen molar-refractivity contribution in [3.05, 3.63) is 50.7 Å². The number of amides is 1. The number of aromatic carboxylic acids is 1. The first-order chi connectivity index (χ1) is 9.38. The van der Waals surface area contributed by atoms with Gasteiger partial charge in [-0.15, -0.1) is 11.3 Å². The van der Waals surface area contributed by atoms with E-state index in [9.17, 15) is 18.4 Å². The second kappa shape index (κ2) is 5.56. The fourth-order valence-corrected chi connectivity index (χ4v) is 2.39. The van der Waals surface area contributed by atoms with Gasteiger partial charge in [0.2, 0.25) is 0 Å². The minimum Gasteiger partial charge on any atom is -0.478 e. The molecule has 0 spiro atoms. The van der Waals surface area contributed by atoms with E-state index in [4.69, 9.17) is 16.7 Å². The molecule has 20 heavy (non-hydrogen) atoms. The molecule has 104 valence electrons. The normalized spacial score (nSPS) is 10.3. The molecule has 0 aliphatic heterocycles. The van der Waals surface area contributed by atoms with Gasteiger partial charge in [0.25, 0.3) is 5.91 Å². The molecule has 0 saturated carbocycles. The van der Waals surface area contributed by atoms with Gasteiger partial charge in [0.05, 0.1) is 20.5 Å². The Kier molecular flexibility index (Phi) is 4.01. The maximum absolute atomic E-state index is 13.1. The van der Waals surface area contributed by atoms with Crippen LogP contribution in [0.1, 0.15) is 20.0 Å². The largest absolute Gasteiger partial charge is 0.478 e. The lowest BCUT2D eigenvalue weighted by Gasteiger charge is -2.08. The zero-order valence-electron chi connectivity index (χ0n) is 9.62. The Morgan fingerprint density at radius 1 is 1.20 bits per heavy atom. The Labute approximate surface area is 120 Å². The SMILES string of the molecule is O=C(Nc1cc(F)c(F)cc1C(=O)O)c1ccc(Cl)s1. The Hall–Kier alpha value is -1.99. The van der Waals surface area contributed by atoms with Crippen LogP contribution in [-0.2, 0) is 0 Å². The molecule has 2 N–H and O–H groups in total. The zero-order valence-corrected chi connectivity index (χ0v) is 11.2. The molecular weight excluding hydrogens is 312 g/mol. The van der Waals surface area contributed by atoms with E-state index in [0.29, 0.717) is 16.5 Å². The van der Waals surface area contributed by atoms with Crippen LogP contribution in [0, 0.1) is 11.6 Å². The predicted molar refractivity (Wildman–Crippen MR) is 70.6 cm³/mol. The van der Waals surface area contributed by atoms with Gasteiger partial charge in [-0.3, -0.25) is 4.79 Å². The molecule has 0 atom stereocenters. The minimum atomic E-state index is -1.48. The average molecular weight is 318 g/mol. The van der Waals surface area contributed by atoms with Crippen LogP contribution >= 0.6 is 22.9 Å². The van der Waals surface area contributed by atoms with Gasteiger partial charge in [-0.25, -0.2) is 13.6 Å². The van der Waals surface area contributed by atoms with Crippen molar-refractivity contribution in [2.75, 3.05) is 5.32 Å². The maximum atomic E-state index is 13.1. The summed E-state index contributed by atoms with van der Waals surface area (Å²) in [5, 5.41) is 11.1. The first kappa shape index (κ1) is 14.4. The number of carbonyl (C=O) groups is 2. The van der Waals surface area contributed by atoms with E-state index in [0.717, 1.165) is 11.3 Å². The first-order valence-corrected chi connectivity index (χ1v) is 6.37. The van der Waals surface area contributed by atoms with Crippen LogP contribution in [0.15, 0.2) is 24.3 Å². The van der Waals surface area contributed by atoms with Gasteiger partial charge in [0.1, 0.15) is 0 Å². The van der Waals surface area contributed by atoms with Crippen LogP contribution in [0.3, 0.4) is 0 Å². The maximum Gasteiger partial charge on any atom is 0.337 e. The van der Waals surface area contributed by atoms with Crippen LogP contribution in [-0.4, -0.2) is 17.0 Å². The highest BCUT2D eigenvalue weighted by atomic mass is 35.5. The van der Waals surface area contributed by atoms with Crippen molar-refractivity contribution >= 4 is 40.5 Å². The smallest absolute Gasteiger partial charge is 0.337 e. The molecule has 4 nitrogen and oxygen atoms in total. The second-order valence-corrected chi connectivity index (χ2v) is 5.39. The third-order valence-electron chi connectivity index (χ3n) is 2.34. The van der Waals surface area contributed by atoms with Crippen LogP contribution in [0.2, 0.25) is 4.34 Å². The predicted octanol–water partition coefficient (Wildman–Crippen LogP) is 3.63. The Balaban J connectivity index is 2.35. The summed E-state index contributed by atoms with van der Waals surface area (Å²) in [6, 6.07) is 4.05. The molecular formula is C12H6ClF2NO3S. The molecule has 2 aromatic rings. The molecule has 0 unspecified atom stereocenters. The lowest BCUT2D eigenvalue weighted by molar-refractivity contribution is 0.0697. The number of anilines is 1. The van der Waals surface area contributed by atoms with Gasteiger partial charge in [-0.05, 0) is 18.2 Å². The highest BCUT2D eigenvalue weighted by Crippen LogP contribution is 2.24. The monoisotopic (exact) mass is 317 g/mol. The molecule has 1 heterocycles. The van der Waals surface area contributed by atoms with Gasteiger partial charge in [-0.2, -0.15) is 0 Å². The summed E-state index contributed by atoms with van der Waals surface area (Å²) < 4.78 is 26.5. The molecule has 0 fully saturated rings. The number of nitrogens with one attached hydrogen (secondary N) is 1. The fourth-order valence-electron chi connectivity index (χ4n) is 1.45. The van der Waals surface area contributed by atoms with Gasteiger partial charge < -0.3 is 10.4 Å². The van der Waals surface area contributed by atoms with Crippen LogP contribution in [0.5, 0.6) is 0 Å². The second-order valence-electron chi connectivity index (χ2n) is 3.67. The van der Waals surface area contributed by atoms with E-state index >= 15 is 0 Å². The summed E-state index contributed by atoms with van der Waals surface area (Å²) in [6.07, 6.45) is 0. The lowest BCUT2D eigenvalue weighted by Crippen LogP contribution is -2.14. The van der Waals surface area contributed by atoms with Crippen molar-refractivity contribution < 1.29 is 23.5 Å². The number of hydrogen-bond donors (Lipinski definition) is 2. The van der Waals surface area contributed by atoms with E-state index < -0.39 is 29.1 Å². The Morgan fingerprint density at radius 2 is 1.85 bits per heavy atom. The van der Waals surface area contributed by atoms with E-state index in [1.807, 2.05) is 0 Å². The molecule has 0 aliphatic rings. The number of carbonyl (C=O) groups excluding carboxylic acids is 1. The zero-order chi connectivity index (χ0) is 14.9. The molecule has 1 amide bonds. The summed E-state index contributed by atoms with van der Waals surface area (Å²) in [5.74, 6) is -4.70. The van der Waals surface area contributed by atoms with E-state index in [-0.39, 0.29) is 10.6 Å². The highest BCUT2D eigenvalue weighted by Gasteiger charge is 2.18. The summed E-state index contributed by atoms with van der Waals surface area (Å²) in [4.78, 5) is 23.0. The molecule has 1 aromatic carbocycles. The lowest BCUT2D eigenvalue weighted by atomic mass is 10.1. The number of halogens is 3. The number of hydrogen-bond acceptors (Lipinski definition) is 3. The van der Waals surface area contributed by atoms with Gasteiger partial charge in [0, 0.05) is 6.07 Å². The Morgan fingerprint density at radius 3 is 2.40 bits per heavy atom.